The van der Waals surface area contributed by atoms with Crippen LogP contribution in [-0.4, -0.2) is 0 Å². The van der Waals surface area contributed by atoms with Crippen LogP contribution in [0.25, 0.3) is 0 Å². The Labute approximate surface area is 572 Å². The Morgan fingerprint density at radius 3 is 1.18 bits per heavy atom. The number of hydrogen-bond acceptors (Lipinski definition) is 0. The van der Waals surface area contributed by atoms with Gasteiger partial charge >= 0.3 is 0 Å². The van der Waals surface area contributed by atoms with Gasteiger partial charge < -0.3 is 0 Å². The van der Waals surface area contributed by atoms with Crippen molar-refractivity contribution >= 4 is 0 Å². The highest BCUT2D eigenvalue weighted by Gasteiger charge is 2.64. The molecule has 0 aliphatic rings. The molecule has 0 aliphatic heterocycles. The summed E-state index contributed by atoms with van der Waals surface area (Å²) in [4.78, 5) is 0. The Kier molecular flexibility index (Phi) is 61.6. The van der Waals surface area contributed by atoms with E-state index >= 15 is 0 Å². The summed E-state index contributed by atoms with van der Waals surface area (Å²) in [6.45, 7) is 37.5. The number of allylic oxidation sites excluding steroid dienone is 10. The van der Waals surface area contributed by atoms with E-state index in [-0.39, 0.29) is 16.2 Å². The lowest BCUT2D eigenvalue weighted by molar-refractivity contribution is -0.0966. The largest absolute Gasteiger partial charge is 0.0885 e. The van der Waals surface area contributed by atoms with Gasteiger partial charge in [0.15, 0.2) is 0 Å². The molecule has 0 aromatic rings. The van der Waals surface area contributed by atoms with E-state index in [0.717, 1.165) is 30.1 Å². The molecule has 0 saturated heterocycles. The van der Waals surface area contributed by atoms with Crippen LogP contribution in [0.3, 0.4) is 0 Å². The summed E-state index contributed by atoms with van der Waals surface area (Å²) < 4.78 is 0. The van der Waals surface area contributed by atoms with Gasteiger partial charge in [-0.1, -0.05) is 408 Å². The van der Waals surface area contributed by atoms with Crippen molar-refractivity contribution in [3.8, 4) is 0 Å². The van der Waals surface area contributed by atoms with Gasteiger partial charge in [-0.3, -0.25) is 0 Å². The van der Waals surface area contributed by atoms with E-state index in [1.54, 1.807) is 0 Å². The Morgan fingerprint density at radius 1 is 0.289 bits per heavy atom. The number of hydrogen-bond donors (Lipinski definition) is 0. The zero-order valence-electron chi connectivity index (χ0n) is 65.2. The molecule has 0 N–H and O–H groups in total. The molecule has 531 valence electrons. The van der Waals surface area contributed by atoms with Crippen LogP contribution in [0, 0.1) is 51.8 Å². The van der Waals surface area contributed by atoms with Crippen LogP contribution < -0.4 is 0 Å². The first-order valence-electron chi connectivity index (χ1n) is 42.2. The minimum absolute atomic E-state index is 0.00721. The molecule has 0 amide bonds. The van der Waals surface area contributed by atoms with Crippen molar-refractivity contribution in [1.29, 1.82) is 0 Å². The third-order valence-electron chi connectivity index (χ3n) is 22.3. The summed E-state index contributed by atoms with van der Waals surface area (Å²) in [7, 11) is 0. The van der Waals surface area contributed by atoms with Crippen LogP contribution in [-0.2, 0) is 0 Å². The second kappa shape index (κ2) is 62.5. The maximum absolute atomic E-state index is 3.24. The highest BCUT2D eigenvalue weighted by atomic mass is 14.7. The number of unbranched alkanes of at least 4 members (excludes halogenated alkanes) is 21. The summed E-state index contributed by atoms with van der Waals surface area (Å²) in [6.07, 6.45) is 101. The highest BCUT2D eigenvalue weighted by Crippen LogP contribution is 2.73. The fourth-order valence-corrected chi connectivity index (χ4v) is 17.6. The summed E-state index contributed by atoms with van der Waals surface area (Å²) in [5.41, 5.74) is 1.92. The lowest BCUT2D eigenvalue weighted by Crippen LogP contribution is -2.59. The maximum atomic E-state index is 3.24. The van der Waals surface area contributed by atoms with E-state index in [1.165, 1.54) is 353 Å². The molecule has 0 heteroatoms. The predicted octanol–water partition coefficient (Wildman–Crippen LogP) is 32.9. The fraction of sp³-hybridized carbons (Fsp3) is 0.878. The van der Waals surface area contributed by atoms with Gasteiger partial charge in [-0.2, -0.15) is 0 Å². The highest BCUT2D eigenvalue weighted by molar-refractivity contribution is 5.36. The summed E-state index contributed by atoms with van der Waals surface area (Å²) in [6, 6.07) is 0. The molecule has 90 heavy (non-hydrogen) atoms. The maximum Gasteiger partial charge on any atom is 0.0158 e. The molecule has 8 unspecified atom stereocenters. The van der Waals surface area contributed by atoms with Crippen LogP contribution >= 0.6 is 0 Å². The SMILES string of the molecule is CCC=C(CC(CCC)CCCCC)C(C=CCCCCCC)(CC(CCC)CCCCC)C(CC=CCCCCC)(CC(CCC)CCCCC)C(CCC=CCCCC)(CC(CCC)CCCCC)[C](CCCC=CCCC)CC(CCC)CCCCC. The Morgan fingerprint density at radius 2 is 0.678 bits per heavy atom. The van der Waals surface area contributed by atoms with Crippen LogP contribution in [0.4, 0.5) is 0 Å². The normalized spacial score (nSPS) is 16.5. The van der Waals surface area contributed by atoms with E-state index in [0.29, 0.717) is 5.92 Å². The van der Waals surface area contributed by atoms with E-state index in [2.05, 4.69) is 164 Å². The van der Waals surface area contributed by atoms with Crippen molar-refractivity contribution in [2.75, 3.05) is 0 Å². The zero-order chi connectivity index (χ0) is 66.5. The topological polar surface area (TPSA) is 0 Å². The summed E-state index contributed by atoms with van der Waals surface area (Å²) >= 11 is 0. The summed E-state index contributed by atoms with van der Waals surface area (Å²) in [5.74, 6) is 5.78. The van der Waals surface area contributed by atoms with Crippen LogP contribution in [0.15, 0.2) is 60.3 Å². The summed E-state index contributed by atoms with van der Waals surface area (Å²) in [5, 5.41) is 0. The van der Waals surface area contributed by atoms with E-state index in [1.807, 2.05) is 5.57 Å². The molecule has 8 atom stereocenters. The smallest absolute Gasteiger partial charge is 0.0158 e. The fourth-order valence-electron chi connectivity index (χ4n) is 17.6. The van der Waals surface area contributed by atoms with E-state index < -0.39 is 0 Å². The van der Waals surface area contributed by atoms with Gasteiger partial charge in [-0.15, -0.1) is 0 Å². The molecule has 0 bridgehead atoms. The molecule has 0 saturated carbocycles. The monoisotopic (exact) mass is 1250 g/mol. The minimum atomic E-state index is -0.0814. The third-order valence-corrected chi connectivity index (χ3v) is 22.3. The molecule has 0 heterocycles. The van der Waals surface area contributed by atoms with Gasteiger partial charge in [0.25, 0.3) is 0 Å². The second-order valence-electron chi connectivity index (χ2n) is 30.4. The van der Waals surface area contributed by atoms with Gasteiger partial charge in [-0.05, 0) is 162 Å². The van der Waals surface area contributed by atoms with Crippen molar-refractivity contribution in [3.63, 3.8) is 0 Å². The standard InChI is InChI=1S/C90H171/c1-16-31-40-44-48-57-72-87(77-82(62-26-11)68-53-36-21-6)89(74-59-50-46-42-33-18-3,79-84(64-28-13)70-55-38-23-8)90(75-60-51-47-43-34-19-4,80-85(65-29-14)71-56-39-24-9)88(73-58-49-45-41-32-17-2,78-83(63-27-12)69-54-37-22-7)86(66-30-15)76-81(61-25-10)67-52-35-20-5/h40,44,46,50-51,58,60,66,73,81-85H,16-39,41-43,45,47-49,52-57,59,61-65,67-72,74-80H2,1-15H3. The van der Waals surface area contributed by atoms with Gasteiger partial charge in [0.1, 0.15) is 0 Å². The predicted molar refractivity (Wildman–Crippen MR) is 416 cm³/mol. The first-order valence-corrected chi connectivity index (χ1v) is 42.2. The molecule has 0 nitrogen and oxygen atoms in total. The minimum Gasteiger partial charge on any atom is -0.0885 e. The van der Waals surface area contributed by atoms with Crippen molar-refractivity contribution in [2.24, 2.45) is 45.8 Å². The zero-order valence-corrected chi connectivity index (χ0v) is 65.2. The van der Waals surface area contributed by atoms with Crippen molar-refractivity contribution in [1.82, 2.24) is 0 Å². The molecule has 0 fully saturated rings. The molecule has 0 spiro atoms. The van der Waals surface area contributed by atoms with Crippen molar-refractivity contribution in [2.45, 2.75) is 463 Å². The second-order valence-corrected chi connectivity index (χ2v) is 30.4. The Bertz CT molecular complexity index is 1640. The molecular formula is C90H171. The average Bonchev–Trinajstić information content (AvgIpc) is 0.715. The van der Waals surface area contributed by atoms with E-state index in [9.17, 15) is 0 Å². The quantitative estimate of drug-likeness (QED) is 0.0421. The Balaban J connectivity index is 11.4. The van der Waals surface area contributed by atoms with Crippen molar-refractivity contribution < 1.29 is 0 Å². The van der Waals surface area contributed by atoms with Crippen LogP contribution in [0.2, 0.25) is 0 Å². The average molecular weight is 1250 g/mol. The van der Waals surface area contributed by atoms with Gasteiger partial charge in [0.05, 0.1) is 0 Å². The van der Waals surface area contributed by atoms with Gasteiger partial charge in [0.2, 0.25) is 0 Å². The molecule has 1 radical (unpaired) electrons. The lowest BCUT2D eigenvalue weighted by atomic mass is 9.37. The third kappa shape index (κ3) is 37.9. The molecule has 0 aromatic carbocycles. The lowest BCUT2D eigenvalue weighted by Gasteiger charge is -2.66. The first-order chi connectivity index (χ1) is 44.1. The van der Waals surface area contributed by atoms with Crippen molar-refractivity contribution in [3.05, 3.63) is 66.2 Å². The molecular weight excluding hydrogens is 1080 g/mol. The van der Waals surface area contributed by atoms with Gasteiger partial charge in [-0.25, -0.2) is 0 Å². The Hall–Kier alpha value is -1.30. The number of rotatable bonds is 69. The first kappa shape index (κ1) is 88.7. The molecule has 0 rings (SSSR count). The van der Waals surface area contributed by atoms with E-state index in [4.69, 9.17) is 0 Å². The van der Waals surface area contributed by atoms with Crippen LogP contribution in [0.1, 0.15) is 463 Å². The van der Waals surface area contributed by atoms with Gasteiger partial charge in [0, 0.05) is 5.41 Å². The molecule has 0 aromatic heterocycles. The van der Waals surface area contributed by atoms with Crippen LogP contribution in [0.5, 0.6) is 0 Å². The molecule has 0 aliphatic carbocycles.